The standard InChI is InChI=1S/C13H16FN3OS.ClH/c14-13-2-1-12(19-13)6-15-11-5-16-17(8-11)7-10-3-4-18-9-10;/h1-2,5,8,10,15H,3-4,6-7,9H2;1H. The SMILES string of the molecule is Cl.Fc1ccc(CNc2cnn(CC3CCOC3)c2)s1. The molecule has 0 amide bonds. The van der Waals surface area contributed by atoms with Crippen LogP contribution in [-0.4, -0.2) is 23.0 Å². The first kappa shape index (κ1) is 15.3. The van der Waals surface area contributed by atoms with Gasteiger partial charge >= 0.3 is 0 Å². The average molecular weight is 318 g/mol. The number of anilines is 1. The first-order chi connectivity index (χ1) is 9.29. The fraction of sp³-hybridized carbons (Fsp3) is 0.462. The molecule has 1 N–H and O–H groups in total. The van der Waals surface area contributed by atoms with E-state index in [-0.39, 0.29) is 17.5 Å². The molecule has 4 nitrogen and oxygen atoms in total. The highest BCUT2D eigenvalue weighted by molar-refractivity contribution is 7.10. The lowest BCUT2D eigenvalue weighted by Gasteiger charge is -2.06. The normalized spacial score (nSPS) is 17.9. The zero-order chi connectivity index (χ0) is 13.1. The van der Waals surface area contributed by atoms with Crippen molar-refractivity contribution in [2.75, 3.05) is 18.5 Å². The van der Waals surface area contributed by atoms with Crippen molar-refractivity contribution in [2.24, 2.45) is 5.92 Å². The van der Waals surface area contributed by atoms with Crippen LogP contribution in [-0.2, 0) is 17.8 Å². The number of aromatic nitrogens is 2. The van der Waals surface area contributed by atoms with Crippen molar-refractivity contribution in [3.05, 3.63) is 34.5 Å². The van der Waals surface area contributed by atoms with Gasteiger partial charge < -0.3 is 10.1 Å². The predicted octanol–water partition coefficient (Wildman–Crippen LogP) is 3.15. The van der Waals surface area contributed by atoms with Gasteiger partial charge in [-0.2, -0.15) is 9.49 Å². The molecule has 3 heterocycles. The third-order valence-electron chi connectivity index (χ3n) is 3.20. The number of rotatable bonds is 5. The molecule has 0 aromatic carbocycles. The number of hydrogen-bond donors (Lipinski definition) is 1. The maximum atomic E-state index is 12.8. The number of halogens is 2. The molecule has 1 saturated heterocycles. The average Bonchev–Trinajstić information content (AvgIpc) is 3.10. The van der Waals surface area contributed by atoms with Crippen molar-refractivity contribution in [3.8, 4) is 0 Å². The molecule has 0 radical (unpaired) electrons. The number of hydrogen-bond acceptors (Lipinski definition) is 4. The highest BCUT2D eigenvalue weighted by atomic mass is 35.5. The monoisotopic (exact) mass is 317 g/mol. The fourth-order valence-electron chi connectivity index (χ4n) is 2.18. The van der Waals surface area contributed by atoms with Crippen molar-refractivity contribution >= 4 is 29.4 Å². The van der Waals surface area contributed by atoms with Crippen molar-refractivity contribution in [1.29, 1.82) is 0 Å². The van der Waals surface area contributed by atoms with Crippen LogP contribution in [0.3, 0.4) is 0 Å². The Hall–Kier alpha value is -1.11. The van der Waals surface area contributed by atoms with Crippen LogP contribution in [0.5, 0.6) is 0 Å². The van der Waals surface area contributed by atoms with Gasteiger partial charge in [-0.15, -0.1) is 23.7 Å². The van der Waals surface area contributed by atoms with E-state index >= 15 is 0 Å². The quantitative estimate of drug-likeness (QED) is 0.920. The third-order valence-corrected chi connectivity index (χ3v) is 4.07. The smallest absolute Gasteiger partial charge is 0.176 e. The Labute approximate surface area is 127 Å². The first-order valence-electron chi connectivity index (χ1n) is 6.38. The molecule has 1 fully saturated rings. The second kappa shape index (κ2) is 7.06. The van der Waals surface area contributed by atoms with Crippen molar-refractivity contribution in [3.63, 3.8) is 0 Å². The lowest BCUT2D eigenvalue weighted by Crippen LogP contribution is -2.10. The van der Waals surface area contributed by atoms with Gasteiger partial charge in [-0.3, -0.25) is 4.68 Å². The summed E-state index contributed by atoms with van der Waals surface area (Å²) in [5.41, 5.74) is 0.965. The highest BCUT2D eigenvalue weighted by Gasteiger charge is 2.16. The summed E-state index contributed by atoms with van der Waals surface area (Å²) in [4.78, 5) is 0.981. The first-order valence-corrected chi connectivity index (χ1v) is 7.19. The maximum Gasteiger partial charge on any atom is 0.176 e. The summed E-state index contributed by atoms with van der Waals surface area (Å²) in [6.07, 6.45) is 4.90. The summed E-state index contributed by atoms with van der Waals surface area (Å²) in [6.45, 7) is 3.22. The van der Waals surface area contributed by atoms with Crippen LogP contribution in [0.25, 0.3) is 0 Å². The summed E-state index contributed by atoms with van der Waals surface area (Å²) in [5.74, 6) is 0.569. The van der Waals surface area contributed by atoms with Gasteiger partial charge in [0.15, 0.2) is 5.13 Å². The molecule has 1 aliphatic rings. The van der Waals surface area contributed by atoms with Crippen LogP contribution >= 0.6 is 23.7 Å². The number of nitrogens with one attached hydrogen (secondary N) is 1. The summed E-state index contributed by atoms with van der Waals surface area (Å²) < 4.78 is 20.1. The Balaban J connectivity index is 0.00000147. The zero-order valence-corrected chi connectivity index (χ0v) is 12.6. The van der Waals surface area contributed by atoms with Crippen molar-refractivity contribution < 1.29 is 9.13 Å². The Bertz CT molecular complexity index is 539. The fourth-order valence-corrected chi connectivity index (χ4v) is 2.85. The maximum absolute atomic E-state index is 12.8. The van der Waals surface area contributed by atoms with Crippen LogP contribution in [0.15, 0.2) is 24.5 Å². The molecule has 0 saturated carbocycles. The van der Waals surface area contributed by atoms with Gasteiger partial charge in [0, 0.05) is 36.7 Å². The molecule has 1 aliphatic heterocycles. The minimum atomic E-state index is -0.145. The van der Waals surface area contributed by atoms with Crippen LogP contribution in [0, 0.1) is 11.0 Å². The molecule has 0 aliphatic carbocycles. The summed E-state index contributed by atoms with van der Waals surface area (Å²) in [5, 5.41) is 7.43. The van der Waals surface area contributed by atoms with E-state index in [1.807, 2.05) is 10.9 Å². The summed E-state index contributed by atoms with van der Waals surface area (Å²) >= 11 is 1.17. The predicted molar refractivity (Wildman–Crippen MR) is 80.0 cm³/mol. The van der Waals surface area contributed by atoms with Gasteiger partial charge in [-0.25, -0.2) is 0 Å². The van der Waals surface area contributed by atoms with Crippen LogP contribution in [0.2, 0.25) is 0 Å². The van der Waals surface area contributed by atoms with Gasteiger partial charge in [0.05, 0.1) is 18.5 Å². The molecular formula is C13H17ClFN3OS. The Kier molecular flexibility index (Phi) is 5.39. The van der Waals surface area contributed by atoms with Crippen LogP contribution < -0.4 is 5.32 Å². The Morgan fingerprint density at radius 3 is 3.10 bits per heavy atom. The molecular weight excluding hydrogens is 301 g/mol. The minimum absolute atomic E-state index is 0. The molecule has 2 aromatic heterocycles. The van der Waals surface area contributed by atoms with Gasteiger partial charge in [-0.1, -0.05) is 0 Å². The number of nitrogens with zero attached hydrogens (tertiary/aromatic N) is 2. The highest BCUT2D eigenvalue weighted by Crippen LogP contribution is 2.18. The molecule has 1 unspecified atom stereocenters. The molecule has 0 bridgehead atoms. The van der Waals surface area contributed by atoms with Crippen molar-refractivity contribution in [1.82, 2.24) is 9.78 Å². The van der Waals surface area contributed by atoms with Crippen LogP contribution in [0.1, 0.15) is 11.3 Å². The largest absolute Gasteiger partial charge is 0.381 e. The second-order valence-corrected chi connectivity index (χ2v) is 5.86. The Morgan fingerprint density at radius 1 is 1.50 bits per heavy atom. The van der Waals surface area contributed by atoms with Gasteiger partial charge in [-0.05, 0) is 18.6 Å². The molecule has 0 spiro atoms. The van der Waals surface area contributed by atoms with E-state index in [1.54, 1.807) is 12.3 Å². The molecule has 3 rings (SSSR count). The van der Waals surface area contributed by atoms with E-state index in [0.29, 0.717) is 12.5 Å². The number of ether oxygens (including phenoxy) is 1. The van der Waals surface area contributed by atoms with E-state index in [4.69, 9.17) is 4.74 Å². The third kappa shape index (κ3) is 3.94. The van der Waals surface area contributed by atoms with Gasteiger partial charge in [0.2, 0.25) is 0 Å². The van der Waals surface area contributed by atoms with E-state index in [2.05, 4.69) is 10.4 Å². The molecule has 20 heavy (non-hydrogen) atoms. The lowest BCUT2D eigenvalue weighted by molar-refractivity contribution is 0.181. The summed E-state index contributed by atoms with van der Waals surface area (Å²) in [7, 11) is 0. The molecule has 1 atom stereocenters. The second-order valence-electron chi connectivity index (χ2n) is 4.74. The van der Waals surface area contributed by atoms with Gasteiger partial charge in [0.25, 0.3) is 0 Å². The zero-order valence-electron chi connectivity index (χ0n) is 10.9. The van der Waals surface area contributed by atoms with Crippen molar-refractivity contribution in [2.45, 2.75) is 19.5 Å². The summed E-state index contributed by atoms with van der Waals surface area (Å²) in [6, 6.07) is 3.29. The topological polar surface area (TPSA) is 39.1 Å². The minimum Gasteiger partial charge on any atom is -0.381 e. The van der Waals surface area contributed by atoms with E-state index in [1.165, 1.54) is 17.4 Å². The number of thiophene rings is 1. The molecule has 110 valence electrons. The van der Waals surface area contributed by atoms with Crippen LogP contribution in [0.4, 0.5) is 10.1 Å². The molecule has 7 heteroatoms. The van der Waals surface area contributed by atoms with E-state index in [9.17, 15) is 4.39 Å². The van der Waals surface area contributed by atoms with E-state index < -0.39 is 0 Å². The van der Waals surface area contributed by atoms with Gasteiger partial charge in [0.1, 0.15) is 0 Å². The lowest BCUT2D eigenvalue weighted by atomic mass is 10.1. The Morgan fingerprint density at radius 2 is 2.40 bits per heavy atom. The molecule has 2 aromatic rings. The van der Waals surface area contributed by atoms with E-state index in [0.717, 1.165) is 36.7 Å².